The monoisotopic (exact) mass is 457 g/mol. The van der Waals surface area contributed by atoms with Crippen LogP contribution in [0.2, 0.25) is 0 Å². The van der Waals surface area contributed by atoms with Crippen LogP contribution >= 0.6 is 0 Å². The van der Waals surface area contributed by atoms with Crippen LogP contribution in [0.25, 0.3) is 0 Å². The predicted molar refractivity (Wildman–Crippen MR) is 125 cm³/mol. The number of hydrogen-bond acceptors (Lipinski definition) is 4. The summed E-state index contributed by atoms with van der Waals surface area (Å²) in [5.74, 6) is -0.0295. The lowest BCUT2D eigenvalue weighted by Gasteiger charge is -2.26. The second-order valence-electron chi connectivity index (χ2n) is 8.23. The first-order valence-corrected chi connectivity index (χ1v) is 12.5. The molecule has 7 nitrogen and oxygen atoms in total. The van der Waals surface area contributed by atoms with Gasteiger partial charge in [0.15, 0.2) is 0 Å². The van der Waals surface area contributed by atoms with Crippen LogP contribution in [0.3, 0.4) is 0 Å². The Morgan fingerprint density at radius 1 is 1.09 bits per heavy atom. The minimum absolute atomic E-state index is 0.146. The van der Waals surface area contributed by atoms with Crippen LogP contribution in [-0.2, 0) is 14.8 Å². The SMILES string of the molecule is CC[C@@H](CCNC(=O)c1ccc(NS(=O)(=O)c2ccc(C)c(C)c2)cc1)N1CCCC1=O. The summed E-state index contributed by atoms with van der Waals surface area (Å²) in [5.41, 5.74) is 2.76. The molecule has 0 radical (unpaired) electrons. The molecule has 8 heteroatoms. The van der Waals surface area contributed by atoms with Crippen LogP contribution in [0.5, 0.6) is 0 Å². The molecule has 2 amide bonds. The zero-order valence-corrected chi connectivity index (χ0v) is 19.7. The Balaban J connectivity index is 1.55. The maximum Gasteiger partial charge on any atom is 0.261 e. The van der Waals surface area contributed by atoms with Gasteiger partial charge in [0, 0.05) is 36.8 Å². The number of sulfonamides is 1. The second-order valence-corrected chi connectivity index (χ2v) is 9.91. The standard InChI is InChI=1S/C24H31N3O4S/c1-4-21(27-15-5-6-23(27)28)13-14-25-24(29)19-8-10-20(11-9-19)26-32(30,31)22-12-7-17(2)18(3)16-22/h7-12,16,21,26H,4-6,13-15H2,1-3H3,(H,25,29)/t21-/m0/s1. The molecule has 0 unspecified atom stereocenters. The van der Waals surface area contributed by atoms with Gasteiger partial charge in [0.25, 0.3) is 15.9 Å². The molecule has 0 aromatic heterocycles. The maximum absolute atomic E-state index is 12.6. The van der Waals surface area contributed by atoms with E-state index in [2.05, 4.69) is 17.0 Å². The number of anilines is 1. The molecule has 2 N–H and O–H groups in total. The van der Waals surface area contributed by atoms with Crippen LogP contribution in [0.4, 0.5) is 5.69 Å². The number of nitrogens with one attached hydrogen (secondary N) is 2. The number of hydrogen-bond donors (Lipinski definition) is 2. The van der Waals surface area contributed by atoms with Crippen LogP contribution in [0.15, 0.2) is 47.4 Å². The average Bonchev–Trinajstić information content (AvgIpc) is 3.19. The Hall–Kier alpha value is -2.87. The fourth-order valence-electron chi connectivity index (χ4n) is 3.87. The zero-order chi connectivity index (χ0) is 23.3. The molecule has 1 aliphatic rings. The predicted octanol–water partition coefficient (Wildman–Crippen LogP) is 3.63. The van der Waals surface area contributed by atoms with Gasteiger partial charge in [0.1, 0.15) is 0 Å². The number of rotatable bonds is 9. The summed E-state index contributed by atoms with van der Waals surface area (Å²) in [7, 11) is -3.71. The Bertz CT molecular complexity index is 1080. The summed E-state index contributed by atoms with van der Waals surface area (Å²) >= 11 is 0. The van der Waals surface area contributed by atoms with Crippen molar-refractivity contribution >= 4 is 27.5 Å². The third-order valence-corrected chi connectivity index (χ3v) is 7.35. The molecule has 1 heterocycles. The number of amides is 2. The van der Waals surface area contributed by atoms with Gasteiger partial charge in [-0.3, -0.25) is 14.3 Å². The molecule has 0 aliphatic carbocycles. The first-order valence-electron chi connectivity index (χ1n) is 11.0. The molecule has 1 atom stereocenters. The van der Waals surface area contributed by atoms with Gasteiger partial charge in [-0.15, -0.1) is 0 Å². The van der Waals surface area contributed by atoms with E-state index in [1.54, 1.807) is 42.5 Å². The fourth-order valence-corrected chi connectivity index (χ4v) is 5.02. The van der Waals surface area contributed by atoms with Gasteiger partial charge in [-0.2, -0.15) is 0 Å². The van der Waals surface area contributed by atoms with Crippen LogP contribution < -0.4 is 10.0 Å². The number of carbonyl (C=O) groups excluding carboxylic acids is 2. The van der Waals surface area contributed by atoms with E-state index < -0.39 is 10.0 Å². The summed E-state index contributed by atoms with van der Waals surface area (Å²) in [6.45, 7) is 7.12. The summed E-state index contributed by atoms with van der Waals surface area (Å²) in [6.07, 6.45) is 3.09. The first-order chi connectivity index (χ1) is 15.2. The molecule has 1 fully saturated rings. The molecule has 0 spiro atoms. The number of likely N-dealkylation sites (tertiary alicyclic amines) is 1. The highest BCUT2D eigenvalue weighted by Gasteiger charge is 2.26. The molecular weight excluding hydrogens is 426 g/mol. The van der Waals surface area contributed by atoms with E-state index >= 15 is 0 Å². The third-order valence-electron chi connectivity index (χ3n) is 5.97. The first kappa shape index (κ1) is 23.8. The Morgan fingerprint density at radius 3 is 2.41 bits per heavy atom. The summed E-state index contributed by atoms with van der Waals surface area (Å²) in [4.78, 5) is 26.5. The summed E-state index contributed by atoms with van der Waals surface area (Å²) in [6, 6.07) is 11.5. The van der Waals surface area contributed by atoms with Gasteiger partial charge in [-0.05, 0) is 80.6 Å². The van der Waals surface area contributed by atoms with Crippen LogP contribution in [-0.4, -0.2) is 44.3 Å². The summed E-state index contributed by atoms with van der Waals surface area (Å²) < 4.78 is 27.8. The fraction of sp³-hybridized carbons (Fsp3) is 0.417. The molecule has 3 rings (SSSR count). The van der Waals surface area contributed by atoms with Gasteiger partial charge < -0.3 is 10.2 Å². The highest BCUT2D eigenvalue weighted by Crippen LogP contribution is 2.20. The lowest BCUT2D eigenvalue weighted by atomic mass is 10.1. The second kappa shape index (κ2) is 10.2. The maximum atomic E-state index is 12.6. The molecular formula is C24H31N3O4S. The number of nitrogens with zero attached hydrogens (tertiary/aromatic N) is 1. The molecule has 2 aromatic rings. The van der Waals surface area contributed by atoms with Crippen molar-refractivity contribution in [3.05, 3.63) is 59.2 Å². The highest BCUT2D eigenvalue weighted by atomic mass is 32.2. The van der Waals surface area contributed by atoms with E-state index in [9.17, 15) is 18.0 Å². The van der Waals surface area contributed by atoms with E-state index in [1.165, 1.54) is 0 Å². The Morgan fingerprint density at radius 2 is 1.81 bits per heavy atom. The Kier molecular flexibility index (Phi) is 7.56. The molecule has 1 aliphatic heterocycles. The van der Waals surface area contributed by atoms with Gasteiger partial charge >= 0.3 is 0 Å². The number of carbonyl (C=O) groups is 2. The minimum Gasteiger partial charge on any atom is -0.352 e. The van der Waals surface area contributed by atoms with E-state index in [0.29, 0.717) is 30.6 Å². The lowest BCUT2D eigenvalue weighted by Crippen LogP contribution is -2.38. The Labute approximate surface area is 190 Å². The minimum atomic E-state index is -3.71. The van der Waals surface area contributed by atoms with Crippen molar-refractivity contribution in [2.75, 3.05) is 17.8 Å². The largest absolute Gasteiger partial charge is 0.352 e. The normalized spacial score (nSPS) is 15.0. The lowest BCUT2D eigenvalue weighted by molar-refractivity contribution is -0.129. The highest BCUT2D eigenvalue weighted by molar-refractivity contribution is 7.92. The quantitative estimate of drug-likeness (QED) is 0.601. The van der Waals surface area contributed by atoms with Crippen molar-refractivity contribution < 1.29 is 18.0 Å². The van der Waals surface area contributed by atoms with E-state index in [-0.39, 0.29) is 22.8 Å². The average molecular weight is 458 g/mol. The number of benzene rings is 2. The van der Waals surface area contributed by atoms with Gasteiger partial charge in [0.05, 0.1) is 4.90 Å². The summed E-state index contributed by atoms with van der Waals surface area (Å²) in [5, 5.41) is 2.89. The van der Waals surface area contributed by atoms with Gasteiger partial charge in [-0.1, -0.05) is 13.0 Å². The van der Waals surface area contributed by atoms with Crippen molar-refractivity contribution in [3.8, 4) is 0 Å². The van der Waals surface area contributed by atoms with Gasteiger partial charge in [0.2, 0.25) is 5.91 Å². The molecule has 1 saturated heterocycles. The van der Waals surface area contributed by atoms with Gasteiger partial charge in [-0.25, -0.2) is 8.42 Å². The van der Waals surface area contributed by atoms with E-state index in [1.807, 2.05) is 18.7 Å². The molecule has 0 saturated carbocycles. The van der Waals surface area contributed by atoms with Crippen LogP contribution in [0, 0.1) is 13.8 Å². The van der Waals surface area contributed by atoms with E-state index in [4.69, 9.17) is 0 Å². The molecule has 0 bridgehead atoms. The number of aryl methyl sites for hydroxylation is 2. The van der Waals surface area contributed by atoms with Crippen molar-refractivity contribution in [2.45, 2.75) is 57.4 Å². The smallest absolute Gasteiger partial charge is 0.261 e. The van der Waals surface area contributed by atoms with Crippen LogP contribution in [0.1, 0.15) is 54.1 Å². The molecule has 32 heavy (non-hydrogen) atoms. The van der Waals surface area contributed by atoms with E-state index in [0.717, 1.165) is 30.5 Å². The van der Waals surface area contributed by atoms with Crippen molar-refractivity contribution in [1.82, 2.24) is 10.2 Å². The third kappa shape index (κ3) is 5.68. The van der Waals surface area contributed by atoms with Crippen molar-refractivity contribution in [2.24, 2.45) is 0 Å². The zero-order valence-electron chi connectivity index (χ0n) is 18.8. The molecule has 2 aromatic carbocycles. The topological polar surface area (TPSA) is 95.6 Å². The van der Waals surface area contributed by atoms with Crippen molar-refractivity contribution in [3.63, 3.8) is 0 Å². The molecule has 172 valence electrons. The van der Waals surface area contributed by atoms with Crippen molar-refractivity contribution in [1.29, 1.82) is 0 Å².